The Balaban J connectivity index is 2.05. The van der Waals surface area contributed by atoms with Crippen LogP contribution in [0.15, 0.2) is 18.2 Å². The summed E-state index contributed by atoms with van der Waals surface area (Å²) in [5.41, 5.74) is 6.56. The Morgan fingerprint density at radius 3 is 2.56 bits per heavy atom. The maximum atomic E-state index is 13.0. The van der Waals surface area contributed by atoms with Gasteiger partial charge in [-0.15, -0.1) is 0 Å². The third kappa shape index (κ3) is 2.50. The van der Waals surface area contributed by atoms with Crippen molar-refractivity contribution in [2.75, 3.05) is 5.32 Å². The van der Waals surface area contributed by atoms with Gasteiger partial charge in [-0.1, -0.05) is 12.8 Å². The van der Waals surface area contributed by atoms with Gasteiger partial charge >= 0.3 is 0 Å². The molecule has 4 heteroatoms. The second-order valence-electron chi connectivity index (χ2n) is 4.33. The Morgan fingerprint density at radius 1 is 1.12 bits per heavy atom. The van der Waals surface area contributed by atoms with Crippen LogP contribution in [0.2, 0.25) is 0 Å². The van der Waals surface area contributed by atoms with Crippen molar-refractivity contribution >= 4 is 5.69 Å². The predicted molar refractivity (Wildman–Crippen MR) is 60.2 cm³/mol. The number of benzene rings is 1. The molecule has 2 nitrogen and oxygen atoms in total. The average molecular weight is 226 g/mol. The Morgan fingerprint density at radius 2 is 1.88 bits per heavy atom. The summed E-state index contributed by atoms with van der Waals surface area (Å²) < 4.78 is 25.7. The van der Waals surface area contributed by atoms with E-state index in [-0.39, 0.29) is 12.1 Å². The second-order valence-corrected chi connectivity index (χ2v) is 4.33. The molecule has 0 unspecified atom stereocenters. The highest BCUT2D eigenvalue weighted by Gasteiger charge is 2.21. The van der Waals surface area contributed by atoms with E-state index < -0.39 is 11.6 Å². The number of nitrogens with one attached hydrogen (secondary N) is 1. The van der Waals surface area contributed by atoms with Crippen LogP contribution in [-0.4, -0.2) is 12.1 Å². The molecule has 1 saturated carbocycles. The van der Waals surface area contributed by atoms with Gasteiger partial charge in [0.15, 0.2) is 11.6 Å². The van der Waals surface area contributed by atoms with Crippen molar-refractivity contribution in [3.8, 4) is 0 Å². The van der Waals surface area contributed by atoms with Gasteiger partial charge in [0.2, 0.25) is 0 Å². The highest BCUT2D eigenvalue weighted by Crippen LogP contribution is 2.22. The van der Waals surface area contributed by atoms with E-state index in [1.807, 2.05) is 0 Å². The van der Waals surface area contributed by atoms with Gasteiger partial charge in [0.1, 0.15) is 0 Å². The molecule has 1 fully saturated rings. The third-order valence-corrected chi connectivity index (χ3v) is 3.09. The second kappa shape index (κ2) is 4.78. The molecule has 0 bridgehead atoms. The summed E-state index contributed by atoms with van der Waals surface area (Å²) in [5.74, 6) is -1.65. The number of anilines is 1. The number of hydrogen-bond donors (Lipinski definition) is 2. The van der Waals surface area contributed by atoms with Gasteiger partial charge in [0, 0.05) is 23.8 Å². The van der Waals surface area contributed by atoms with Crippen molar-refractivity contribution in [3.63, 3.8) is 0 Å². The summed E-state index contributed by atoms with van der Waals surface area (Å²) in [6, 6.07) is 4.11. The summed E-state index contributed by atoms with van der Waals surface area (Å²) >= 11 is 0. The van der Waals surface area contributed by atoms with E-state index >= 15 is 0 Å². The third-order valence-electron chi connectivity index (χ3n) is 3.09. The van der Waals surface area contributed by atoms with Crippen LogP contribution in [0.1, 0.15) is 25.7 Å². The summed E-state index contributed by atoms with van der Waals surface area (Å²) in [6.07, 6.45) is 4.26. The van der Waals surface area contributed by atoms with Crippen LogP contribution in [-0.2, 0) is 0 Å². The molecule has 0 spiro atoms. The minimum atomic E-state index is -0.825. The van der Waals surface area contributed by atoms with E-state index in [1.165, 1.54) is 6.07 Å². The molecule has 0 saturated heterocycles. The maximum Gasteiger partial charge on any atom is 0.160 e. The zero-order chi connectivity index (χ0) is 11.5. The molecule has 2 rings (SSSR count). The molecule has 0 radical (unpaired) electrons. The van der Waals surface area contributed by atoms with E-state index in [2.05, 4.69) is 5.32 Å². The Labute approximate surface area is 93.8 Å². The molecule has 88 valence electrons. The lowest BCUT2D eigenvalue weighted by Crippen LogP contribution is -2.42. The van der Waals surface area contributed by atoms with Crippen molar-refractivity contribution < 1.29 is 8.78 Å². The smallest absolute Gasteiger partial charge is 0.160 e. The van der Waals surface area contributed by atoms with Crippen molar-refractivity contribution in [2.45, 2.75) is 37.8 Å². The summed E-state index contributed by atoms with van der Waals surface area (Å²) in [5, 5.41) is 3.17. The van der Waals surface area contributed by atoms with Crippen LogP contribution < -0.4 is 11.1 Å². The molecular weight excluding hydrogens is 210 g/mol. The summed E-state index contributed by atoms with van der Waals surface area (Å²) in [7, 11) is 0. The van der Waals surface area contributed by atoms with Crippen molar-refractivity contribution in [1.29, 1.82) is 0 Å². The highest BCUT2D eigenvalue weighted by molar-refractivity contribution is 5.44. The Bertz CT molecular complexity index is 368. The first kappa shape index (κ1) is 11.3. The van der Waals surface area contributed by atoms with Gasteiger partial charge in [0.05, 0.1) is 0 Å². The summed E-state index contributed by atoms with van der Waals surface area (Å²) in [6.45, 7) is 0. The predicted octanol–water partition coefficient (Wildman–Crippen LogP) is 2.65. The quantitative estimate of drug-likeness (QED) is 0.813. The molecule has 3 N–H and O–H groups in total. The maximum absolute atomic E-state index is 13.0. The molecule has 1 aliphatic rings. The molecule has 1 aliphatic carbocycles. The molecule has 16 heavy (non-hydrogen) atoms. The average Bonchev–Trinajstić information content (AvgIpc) is 2.27. The van der Waals surface area contributed by atoms with E-state index in [1.54, 1.807) is 6.07 Å². The first-order valence-corrected chi connectivity index (χ1v) is 5.64. The van der Waals surface area contributed by atoms with Gasteiger partial charge in [-0.2, -0.15) is 0 Å². The molecule has 0 amide bonds. The van der Waals surface area contributed by atoms with Crippen LogP contribution in [0.4, 0.5) is 14.5 Å². The van der Waals surface area contributed by atoms with Crippen molar-refractivity contribution in [1.82, 2.24) is 0 Å². The molecule has 1 aromatic carbocycles. The van der Waals surface area contributed by atoms with Gasteiger partial charge in [-0.25, -0.2) is 8.78 Å². The lowest BCUT2D eigenvalue weighted by molar-refractivity contribution is 0.403. The van der Waals surface area contributed by atoms with Crippen LogP contribution in [0.3, 0.4) is 0 Å². The molecular formula is C12H16F2N2. The van der Waals surface area contributed by atoms with E-state index in [9.17, 15) is 8.78 Å². The minimum Gasteiger partial charge on any atom is -0.381 e. The number of hydrogen-bond acceptors (Lipinski definition) is 2. The fourth-order valence-electron chi connectivity index (χ4n) is 2.14. The molecule has 0 aliphatic heterocycles. The van der Waals surface area contributed by atoms with Crippen molar-refractivity contribution in [2.24, 2.45) is 5.73 Å². The van der Waals surface area contributed by atoms with Crippen LogP contribution in [0.25, 0.3) is 0 Å². The standard InChI is InChI=1S/C12H16F2N2/c13-9-6-5-8(7-10(9)14)16-12-4-2-1-3-11(12)15/h5-7,11-12,16H,1-4,15H2/t11-,12-/m1/s1. The fraction of sp³-hybridized carbons (Fsp3) is 0.500. The van der Waals surface area contributed by atoms with Crippen LogP contribution in [0.5, 0.6) is 0 Å². The van der Waals surface area contributed by atoms with Gasteiger partial charge < -0.3 is 11.1 Å². The van der Waals surface area contributed by atoms with E-state index in [0.29, 0.717) is 5.69 Å². The first-order chi connectivity index (χ1) is 7.66. The number of rotatable bonds is 2. The fourth-order valence-corrected chi connectivity index (χ4v) is 2.14. The normalized spacial score (nSPS) is 25.4. The Kier molecular flexibility index (Phi) is 3.39. The largest absolute Gasteiger partial charge is 0.381 e. The Hall–Kier alpha value is -1.16. The zero-order valence-electron chi connectivity index (χ0n) is 9.05. The number of nitrogens with two attached hydrogens (primary N) is 1. The lowest BCUT2D eigenvalue weighted by Gasteiger charge is -2.30. The van der Waals surface area contributed by atoms with E-state index in [4.69, 9.17) is 5.73 Å². The SMILES string of the molecule is N[C@@H]1CCCC[C@H]1Nc1ccc(F)c(F)c1. The topological polar surface area (TPSA) is 38.0 Å². The summed E-state index contributed by atoms with van der Waals surface area (Å²) in [4.78, 5) is 0. The molecule has 1 aromatic rings. The zero-order valence-corrected chi connectivity index (χ0v) is 9.05. The van der Waals surface area contributed by atoms with Crippen LogP contribution >= 0.6 is 0 Å². The molecule has 0 heterocycles. The lowest BCUT2D eigenvalue weighted by atomic mass is 9.91. The van der Waals surface area contributed by atoms with Gasteiger partial charge in [-0.05, 0) is 25.0 Å². The molecule has 0 aromatic heterocycles. The highest BCUT2D eigenvalue weighted by atomic mass is 19.2. The number of halogens is 2. The minimum absolute atomic E-state index is 0.0989. The monoisotopic (exact) mass is 226 g/mol. The molecule has 2 atom stereocenters. The van der Waals surface area contributed by atoms with Crippen molar-refractivity contribution in [3.05, 3.63) is 29.8 Å². The van der Waals surface area contributed by atoms with Gasteiger partial charge in [0.25, 0.3) is 0 Å². The van der Waals surface area contributed by atoms with Crippen LogP contribution in [0, 0.1) is 11.6 Å². The van der Waals surface area contributed by atoms with E-state index in [0.717, 1.165) is 31.7 Å². The van der Waals surface area contributed by atoms with Gasteiger partial charge in [-0.3, -0.25) is 0 Å². The first-order valence-electron chi connectivity index (χ1n) is 5.64.